The largest absolute Gasteiger partial charge is 0.352 e. The van der Waals surface area contributed by atoms with E-state index in [2.05, 4.69) is 24.2 Å². The van der Waals surface area contributed by atoms with Gasteiger partial charge in [-0.05, 0) is 25.8 Å². The summed E-state index contributed by atoms with van der Waals surface area (Å²) in [6.45, 7) is 4.33. The van der Waals surface area contributed by atoms with Gasteiger partial charge in [-0.15, -0.1) is 0 Å². The van der Waals surface area contributed by atoms with Gasteiger partial charge in [-0.3, -0.25) is 4.79 Å². The van der Waals surface area contributed by atoms with Crippen molar-refractivity contribution in [2.24, 2.45) is 11.8 Å². The van der Waals surface area contributed by atoms with Crippen molar-refractivity contribution in [3.8, 4) is 0 Å². The summed E-state index contributed by atoms with van der Waals surface area (Å²) in [6, 6.07) is 0.387. The van der Waals surface area contributed by atoms with E-state index in [0.29, 0.717) is 17.9 Å². The highest BCUT2D eigenvalue weighted by Gasteiger charge is 2.34. The van der Waals surface area contributed by atoms with Crippen LogP contribution >= 0.6 is 0 Å². The number of carbonyl (C=O) groups is 1. The van der Waals surface area contributed by atoms with Gasteiger partial charge in [0.25, 0.3) is 0 Å². The number of likely N-dealkylation sites (N-methyl/N-ethyl adjacent to an activating group) is 1. The lowest BCUT2D eigenvalue weighted by Gasteiger charge is -2.15. The molecule has 1 amide bonds. The summed E-state index contributed by atoms with van der Waals surface area (Å²) in [5, 5.41) is 3.14. The zero-order valence-corrected chi connectivity index (χ0v) is 8.42. The highest BCUT2D eigenvalue weighted by atomic mass is 16.2. The molecular weight excluding hydrogens is 164 g/mol. The molecule has 2 atom stereocenters. The molecule has 0 aromatic heterocycles. The molecule has 0 radical (unpaired) electrons. The number of carbonyl (C=O) groups excluding carboxylic acids is 1. The number of nitrogens with one attached hydrogen (secondary N) is 1. The van der Waals surface area contributed by atoms with Crippen LogP contribution < -0.4 is 5.32 Å². The maximum absolute atomic E-state index is 11.5. The Morgan fingerprint density at radius 3 is 2.54 bits per heavy atom. The van der Waals surface area contributed by atoms with Gasteiger partial charge in [-0.2, -0.15) is 0 Å². The number of hydrogen-bond donors (Lipinski definition) is 1. The summed E-state index contributed by atoms with van der Waals surface area (Å²) in [4.78, 5) is 13.8. The average molecular weight is 182 g/mol. The van der Waals surface area contributed by atoms with E-state index in [0.717, 1.165) is 25.9 Å². The van der Waals surface area contributed by atoms with Crippen LogP contribution in [0, 0.1) is 11.8 Å². The Morgan fingerprint density at radius 1 is 1.38 bits per heavy atom. The van der Waals surface area contributed by atoms with Crippen molar-refractivity contribution in [2.75, 3.05) is 20.1 Å². The molecule has 1 aliphatic heterocycles. The Morgan fingerprint density at radius 2 is 2.08 bits per heavy atom. The van der Waals surface area contributed by atoms with Crippen LogP contribution in [0.3, 0.4) is 0 Å². The highest BCUT2D eigenvalue weighted by molar-refractivity contribution is 5.81. The van der Waals surface area contributed by atoms with Crippen molar-refractivity contribution < 1.29 is 4.79 Å². The zero-order valence-electron chi connectivity index (χ0n) is 8.42. The van der Waals surface area contributed by atoms with Gasteiger partial charge >= 0.3 is 0 Å². The molecule has 74 valence electrons. The molecule has 1 aliphatic carbocycles. The molecule has 1 N–H and O–H groups in total. The summed E-state index contributed by atoms with van der Waals surface area (Å²) in [7, 11) is 2.11. The Kier molecular flexibility index (Phi) is 2.28. The van der Waals surface area contributed by atoms with Gasteiger partial charge in [-0.25, -0.2) is 0 Å². The minimum absolute atomic E-state index is 0.284. The Bertz CT molecular complexity index is 213. The van der Waals surface area contributed by atoms with Gasteiger partial charge in [0.1, 0.15) is 0 Å². The van der Waals surface area contributed by atoms with Crippen LogP contribution in [-0.4, -0.2) is 37.0 Å². The third-order valence-corrected chi connectivity index (χ3v) is 3.07. The number of likely N-dealkylation sites (tertiary alicyclic amines) is 1. The lowest BCUT2D eigenvalue weighted by atomic mass is 10.1. The van der Waals surface area contributed by atoms with E-state index >= 15 is 0 Å². The molecule has 1 saturated carbocycles. The molecule has 0 aromatic rings. The van der Waals surface area contributed by atoms with Crippen LogP contribution in [0.25, 0.3) is 0 Å². The summed E-state index contributed by atoms with van der Waals surface area (Å²) in [6.07, 6.45) is 2.20. The normalized spacial score (nSPS) is 34.9. The van der Waals surface area contributed by atoms with Crippen LogP contribution in [-0.2, 0) is 4.79 Å². The number of hydrogen-bond acceptors (Lipinski definition) is 2. The van der Waals surface area contributed by atoms with Gasteiger partial charge in [0.15, 0.2) is 0 Å². The van der Waals surface area contributed by atoms with Crippen molar-refractivity contribution in [2.45, 2.75) is 25.8 Å². The van der Waals surface area contributed by atoms with Crippen molar-refractivity contribution in [3.63, 3.8) is 0 Å². The molecule has 2 aliphatic rings. The predicted octanol–water partition coefficient (Wildman–Crippen LogP) is 0.463. The second kappa shape index (κ2) is 3.29. The second-order valence-corrected chi connectivity index (χ2v) is 4.59. The van der Waals surface area contributed by atoms with Crippen LogP contribution in [0.5, 0.6) is 0 Å². The van der Waals surface area contributed by atoms with Crippen LogP contribution in [0.4, 0.5) is 0 Å². The van der Waals surface area contributed by atoms with E-state index in [4.69, 9.17) is 0 Å². The first-order valence-electron chi connectivity index (χ1n) is 5.15. The maximum Gasteiger partial charge on any atom is 0.223 e. The first-order valence-corrected chi connectivity index (χ1v) is 5.15. The molecule has 3 nitrogen and oxygen atoms in total. The monoisotopic (exact) mass is 182 g/mol. The summed E-state index contributed by atoms with van der Waals surface area (Å²) < 4.78 is 0. The minimum atomic E-state index is 0.284. The molecule has 2 rings (SSSR count). The molecule has 1 saturated heterocycles. The first kappa shape index (κ1) is 9.00. The fourth-order valence-electron chi connectivity index (χ4n) is 2.04. The fourth-order valence-corrected chi connectivity index (χ4v) is 2.04. The molecule has 13 heavy (non-hydrogen) atoms. The molecule has 0 spiro atoms. The van der Waals surface area contributed by atoms with Crippen molar-refractivity contribution in [1.29, 1.82) is 0 Å². The average Bonchev–Trinajstić information content (AvgIpc) is 2.81. The van der Waals surface area contributed by atoms with Crippen LogP contribution in [0.2, 0.25) is 0 Å². The summed E-state index contributed by atoms with van der Waals surface area (Å²) in [5.74, 6) is 1.23. The maximum atomic E-state index is 11.5. The molecule has 2 fully saturated rings. The Balaban J connectivity index is 1.83. The minimum Gasteiger partial charge on any atom is -0.352 e. The van der Waals surface area contributed by atoms with E-state index in [1.165, 1.54) is 0 Å². The fraction of sp³-hybridized carbons (Fsp3) is 0.900. The van der Waals surface area contributed by atoms with Crippen molar-refractivity contribution >= 4 is 5.91 Å². The summed E-state index contributed by atoms with van der Waals surface area (Å²) >= 11 is 0. The van der Waals surface area contributed by atoms with Gasteiger partial charge in [0.05, 0.1) is 0 Å². The van der Waals surface area contributed by atoms with E-state index in [9.17, 15) is 4.79 Å². The third-order valence-electron chi connectivity index (χ3n) is 3.07. The molecule has 2 unspecified atom stereocenters. The van der Waals surface area contributed by atoms with Gasteiger partial charge < -0.3 is 10.2 Å². The van der Waals surface area contributed by atoms with Crippen LogP contribution in [0.1, 0.15) is 19.8 Å². The van der Waals surface area contributed by atoms with Crippen molar-refractivity contribution in [3.05, 3.63) is 0 Å². The standard InChI is InChI=1S/C10H18N2O/c1-7-5-12(2)6-9(7)11-10(13)8-3-4-8/h7-9H,3-6H2,1-2H3,(H,11,13). The van der Waals surface area contributed by atoms with E-state index < -0.39 is 0 Å². The SMILES string of the molecule is CC1CN(C)CC1NC(=O)C1CC1. The lowest BCUT2D eigenvalue weighted by molar-refractivity contribution is -0.123. The molecular formula is C10H18N2O. The highest BCUT2D eigenvalue weighted by Crippen LogP contribution is 2.29. The smallest absolute Gasteiger partial charge is 0.223 e. The van der Waals surface area contributed by atoms with Gasteiger partial charge in [0.2, 0.25) is 5.91 Å². The number of nitrogens with zero attached hydrogens (tertiary/aromatic N) is 1. The van der Waals surface area contributed by atoms with Gasteiger partial charge in [-0.1, -0.05) is 6.92 Å². The van der Waals surface area contributed by atoms with E-state index in [1.54, 1.807) is 0 Å². The predicted molar refractivity (Wildman–Crippen MR) is 51.3 cm³/mol. The molecule has 0 bridgehead atoms. The van der Waals surface area contributed by atoms with Gasteiger partial charge in [0, 0.05) is 25.0 Å². The first-order chi connectivity index (χ1) is 6.16. The molecule has 0 aromatic carbocycles. The Hall–Kier alpha value is -0.570. The number of amides is 1. The molecule has 3 heteroatoms. The van der Waals surface area contributed by atoms with Crippen molar-refractivity contribution in [1.82, 2.24) is 10.2 Å². The zero-order chi connectivity index (χ0) is 9.42. The lowest BCUT2D eigenvalue weighted by Crippen LogP contribution is -2.40. The Labute approximate surface area is 79.5 Å². The van der Waals surface area contributed by atoms with E-state index in [1.807, 2.05) is 0 Å². The number of rotatable bonds is 2. The summed E-state index contributed by atoms with van der Waals surface area (Å²) in [5.41, 5.74) is 0. The second-order valence-electron chi connectivity index (χ2n) is 4.59. The third kappa shape index (κ3) is 2.02. The molecule has 1 heterocycles. The van der Waals surface area contributed by atoms with Crippen LogP contribution in [0.15, 0.2) is 0 Å². The quantitative estimate of drug-likeness (QED) is 0.673. The van der Waals surface area contributed by atoms with E-state index in [-0.39, 0.29) is 5.91 Å². The topological polar surface area (TPSA) is 32.3 Å².